The molecule has 0 bridgehead atoms. The maximum Gasteiger partial charge on any atom is 0.433 e. The van der Waals surface area contributed by atoms with Gasteiger partial charge >= 0.3 is 6.18 Å². The van der Waals surface area contributed by atoms with Gasteiger partial charge in [-0.2, -0.15) is 18.3 Å². The molecule has 7 nitrogen and oxygen atoms in total. The van der Waals surface area contributed by atoms with Gasteiger partial charge < -0.3 is 14.8 Å². The van der Waals surface area contributed by atoms with Crippen molar-refractivity contribution in [3.8, 4) is 22.6 Å². The van der Waals surface area contributed by atoms with Crippen LogP contribution < -0.4 is 10.1 Å². The molecule has 0 radical (unpaired) electrons. The van der Waals surface area contributed by atoms with Crippen molar-refractivity contribution in [2.24, 2.45) is 0 Å². The third kappa shape index (κ3) is 4.58. The maximum absolute atomic E-state index is 13.0. The van der Waals surface area contributed by atoms with Gasteiger partial charge in [0.05, 0.1) is 25.1 Å². The smallest absolute Gasteiger partial charge is 0.433 e. The molecule has 4 heterocycles. The van der Waals surface area contributed by atoms with E-state index >= 15 is 0 Å². The molecule has 0 spiro atoms. The second kappa shape index (κ2) is 8.79. The highest BCUT2D eigenvalue weighted by Crippen LogP contribution is 2.32. The maximum atomic E-state index is 13.0. The van der Waals surface area contributed by atoms with E-state index in [9.17, 15) is 13.2 Å². The standard InChI is InChI=1S/C24H20F3N5O2/c1-15-5-6-17(30-23-4-2-3-22(31-23)24(25,26)27)9-20(15)32-12-16(10-29-32)19-11-28-8-7-21(19)34-18-13-33-14-18/h2-12,18H,13-14H2,1H3,(H,30,31). The summed E-state index contributed by atoms with van der Waals surface area (Å²) in [6.45, 7) is 3.04. The number of anilines is 2. The van der Waals surface area contributed by atoms with E-state index in [-0.39, 0.29) is 11.9 Å². The fourth-order valence-electron chi connectivity index (χ4n) is 3.50. The second-order valence-electron chi connectivity index (χ2n) is 7.85. The number of aromatic nitrogens is 4. The Balaban J connectivity index is 1.41. The van der Waals surface area contributed by atoms with E-state index in [1.54, 1.807) is 35.4 Å². The van der Waals surface area contributed by atoms with E-state index in [4.69, 9.17) is 9.47 Å². The van der Waals surface area contributed by atoms with Gasteiger partial charge in [0.1, 0.15) is 23.4 Å². The molecule has 1 saturated heterocycles. The molecule has 1 aliphatic rings. The average molecular weight is 467 g/mol. The third-order valence-corrected chi connectivity index (χ3v) is 5.34. The van der Waals surface area contributed by atoms with Gasteiger partial charge in [0.15, 0.2) is 0 Å². The van der Waals surface area contributed by atoms with E-state index in [0.717, 1.165) is 28.4 Å². The Morgan fingerprint density at radius 1 is 1.12 bits per heavy atom. The van der Waals surface area contributed by atoms with Crippen LogP contribution in [0.4, 0.5) is 24.7 Å². The number of benzene rings is 1. The summed E-state index contributed by atoms with van der Waals surface area (Å²) in [7, 11) is 0. The molecule has 174 valence electrons. The molecule has 10 heteroatoms. The van der Waals surface area contributed by atoms with Gasteiger partial charge in [0.25, 0.3) is 0 Å². The average Bonchev–Trinajstić information content (AvgIpc) is 3.27. The predicted octanol–water partition coefficient (Wildman–Crippen LogP) is 5.18. The molecule has 3 aromatic heterocycles. The molecule has 34 heavy (non-hydrogen) atoms. The second-order valence-corrected chi connectivity index (χ2v) is 7.85. The fraction of sp³-hybridized carbons (Fsp3) is 0.208. The van der Waals surface area contributed by atoms with Crippen LogP contribution in [0.2, 0.25) is 0 Å². The number of halogens is 3. The number of nitrogens with zero attached hydrogens (tertiary/aromatic N) is 4. The first-order valence-electron chi connectivity index (χ1n) is 10.5. The minimum absolute atomic E-state index is 0.0191. The van der Waals surface area contributed by atoms with Crippen LogP contribution in [0.3, 0.4) is 0 Å². The van der Waals surface area contributed by atoms with Crippen molar-refractivity contribution in [1.29, 1.82) is 0 Å². The zero-order chi connectivity index (χ0) is 23.7. The molecule has 1 aliphatic heterocycles. The lowest BCUT2D eigenvalue weighted by molar-refractivity contribution is -0.141. The summed E-state index contributed by atoms with van der Waals surface area (Å²) in [5.74, 6) is 0.800. The van der Waals surface area contributed by atoms with Gasteiger partial charge in [0.2, 0.25) is 0 Å². The fourth-order valence-corrected chi connectivity index (χ4v) is 3.50. The summed E-state index contributed by atoms with van der Waals surface area (Å²) in [5, 5.41) is 7.43. The SMILES string of the molecule is Cc1ccc(Nc2cccc(C(F)(F)F)n2)cc1-n1cc(-c2cnccc2OC2COC2)cn1. The zero-order valence-electron chi connectivity index (χ0n) is 18.1. The summed E-state index contributed by atoms with van der Waals surface area (Å²) in [6, 6.07) is 11.0. The Bertz CT molecular complexity index is 1320. The zero-order valence-corrected chi connectivity index (χ0v) is 18.1. The van der Waals surface area contributed by atoms with Crippen molar-refractivity contribution in [2.45, 2.75) is 19.2 Å². The van der Waals surface area contributed by atoms with Crippen LogP contribution in [0.25, 0.3) is 16.8 Å². The topological polar surface area (TPSA) is 74.1 Å². The normalized spacial score (nSPS) is 14.0. The number of pyridine rings is 2. The van der Waals surface area contributed by atoms with Gasteiger partial charge in [-0.1, -0.05) is 12.1 Å². The molecular weight excluding hydrogens is 447 g/mol. The minimum atomic E-state index is -4.51. The van der Waals surface area contributed by atoms with Crippen molar-refractivity contribution in [3.05, 3.63) is 78.5 Å². The Labute approximate surface area is 193 Å². The van der Waals surface area contributed by atoms with Crippen molar-refractivity contribution < 1.29 is 22.6 Å². The molecule has 0 aliphatic carbocycles. The number of hydrogen-bond acceptors (Lipinski definition) is 6. The van der Waals surface area contributed by atoms with Crippen LogP contribution in [-0.4, -0.2) is 39.1 Å². The molecule has 0 atom stereocenters. The lowest BCUT2D eigenvalue weighted by Crippen LogP contribution is -2.38. The Morgan fingerprint density at radius 2 is 1.97 bits per heavy atom. The van der Waals surface area contributed by atoms with E-state index in [1.165, 1.54) is 12.1 Å². The lowest BCUT2D eigenvalue weighted by atomic mass is 10.1. The van der Waals surface area contributed by atoms with Crippen LogP contribution in [0.15, 0.2) is 67.3 Å². The number of nitrogens with one attached hydrogen (secondary N) is 1. The lowest BCUT2D eigenvalue weighted by Gasteiger charge is -2.27. The number of ether oxygens (including phenoxy) is 2. The van der Waals surface area contributed by atoms with E-state index in [0.29, 0.717) is 24.7 Å². The quantitative estimate of drug-likeness (QED) is 0.421. The highest BCUT2D eigenvalue weighted by Gasteiger charge is 2.32. The van der Waals surface area contributed by atoms with Crippen LogP contribution in [0.1, 0.15) is 11.3 Å². The van der Waals surface area contributed by atoms with Gasteiger partial charge in [-0.25, -0.2) is 9.67 Å². The summed E-state index contributed by atoms with van der Waals surface area (Å²) >= 11 is 0. The van der Waals surface area contributed by atoms with Crippen molar-refractivity contribution in [1.82, 2.24) is 19.7 Å². The van der Waals surface area contributed by atoms with Gasteiger partial charge in [-0.3, -0.25) is 4.98 Å². The molecule has 1 N–H and O–H groups in total. The Hall–Kier alpha value is -3.92. The molecular formula is C24H20F3N5O2. The molecule has 1 aromatic carbocycles. The van der Waals surface area contributed by atoms with E-state index in [2.05, 4.69) is 20.4 Å². The van der Waals surface area contributed by atoms with Crippen LogP contribution in [0, 0.1) is 6.92 Å². The summed E-state index contributed by atoms with van der Waals surface area (Å²) in [4.78, 5) is 7.88. The number of rotatable bonds is 6. The monoisotopic (exact) mass is 467 g/mol. The van der Waals surface area contributed by atoms with Crippen LogP contribution in [0.5, 0.6) is 5.75 Å². The largest absolute Gasteiger partial charge is 0.485 e. The van der Waals surface area contributed by atoms with Gasteiger partial charge in [-0.15, -0.1) is 0 Å². The predicted molar refractivity (Wildman–Crippen MR) is 119 cm³/mol. The number of aryl methyl sites for hydroxylation is 1. The number of hydrogen-bond donors (Lipinski definition) is 1. The summed E-state index contributed by atoms with van der Waals surface area (Å²) in [6.07, 6.45) is 2.47. The van der Waals surface area contributed by atoms with E-state index < -0.39 is 11.9 Å². The molecule has 5 rings (SSSR count). The van der Waals surface area contributed by atoms with Crippen molar-refractivity contribution >= 4 is 11.5 Å². The highest BCUT2D eigenvalue weighted by molar-refractivity contribution is 5.69. The van der Waals surface area contributed by atoms with Gasteiger partial charge in [0, 0.05) is 35.4 Å². The molecule has 1 fully saturated rings. The molecule has 0 amide bonds. The summed E-state index contributed by atoms with van der Waals surface area (Å²) in [5.41, 5.74) is 2.96. The Morgan fingerprint density at radius 3 is 2.74 bits per heavy atom. The first-order valence-corrected chi connectivity index (χ1v) is 10.5. The van der Waals surface area contributed by atoms with Gasteiger partial charge in [-0.05, 0) is 42.8 Å². The third-order valence-electron chi connectivity index (χ3n) is 5.34. The van der Waals surface area contributed by atoms with Crippen molar-refractivity contribution in [2.75, 3.05) is 18.5 Å². The van der Waals surface area contributed by atoms with E-state index in [1.807, 2.05) is 25.3 Å². The highest BCUT2D eigenvalue weighted by atomic mass is 19.4. The molecule has 0 saturated carbocycles. The first-order chi connectivity index (χ1) is 16.4. The molecule has 0 unspecified atom stereocenters. The summed E-state index contributed by atoms with van der Waals surface area (Å²) < 4.78 is 51.8. The first kappa shape index (κ1) is 21.9. The van der Waals surface area contributed by atoms with Crippen LogP contribution >= 0.6 is 0 Å². The van der Waals surface area contributed by atoms with Crippen molar-refractivity contribution in [3.63, 3.8) is 0 Å². The molecule has 4 aromatic rings. The Kier molecular flexibility index (Phi) is 5.66. The number of alkyl halides is 3. The van der Waals surface area contributed by atoms with Crippen LogP contribution in [-0.2, 0) is 10.9 Å². The minimum Gasteiger partial charge on any atom is -0.485 e.